The van der Waals surface area contributed by atoms with Gasteiger partial charge in [-0.25, -0.2) is 9.97 Å². The first-order chi connectivity index (χ1) is 9.69. The van der Waals surface area contributed by atoms with E-state index in [0.29, 0.717) is 6.04 Å². The second-order valence-electron chi connectivity index (χ2n) is 5.50. The predicted octanol–water partition coefficient (Wildman–Crippen LogP) is 1.30. The van der Waals surface area contributed by atoms with Gasteiger partial charge >= 0.3 is 0 Å². The van der Waals surface area contributed by atoms with Crippen LogP contribution in [0.1, 0.15) is 12.8 Å². The lowest BCUT2D eigenvalue weighted by molar-refractivity contribution is 0.252. The molecular weight excluding hydrogens is 252 g/mol. The van der Waals surface area contributed by atoms with Gasteiger partial charge in [-0.1, -0.05) is 0 Å². The number of nitrogens with one attached hydrogen (secondary N) is 1. The molecule has 2 aromatic heterocycles. The lowest BCUT2D eigenvalue weighted by Crippen LogP contribution is -2.42. The number of nitrogens with zero attached hydrogens (tertiary/aromatic N) is 5. The predicted molar refractivity (Wildman–Crippen MR) is 81.5 cm³/mol. The molecule has 1 saturated heterocycles. The molecule has 3 heterocycles. The first kappa shape index (κ1) is 13.2. The molecule has 1 fully saturated rings. The van der Waals surface area contributed by atoms with Crippen molar-refractivity contribution >= 4 is 17.3 Å². The summed E-state index contributed by atoms with van der Waals surface area (Å²) in [5.41, 5.74) is 0.922. The molecule has 108 valence electrons. The van der Waals surface area contributed by atoms with E-state index < -0.39 is 0 Å². The highest BCUT2D eigenvalue weighted by molar-refractivity contribution is 5.66. The van der Waals surface area contributed by atoms with E-state index >= 15 is 0 Å². The van der Waals surface area contributed by atoms with Crippen LogP contribution in [0, 0.1) is 0 Å². The van der Waals surface area contributed by atoms with Crippen LogP contribution in [0.4, 0.5) is 11.6 Å². The maximum atomic E-state index is 4.70. The summed E-state index contributed by atoms with van der Waals surface area (Å²) in [6, 6.07) is 0.534. The third-order valence-corrected chi connectivity index (χ3v) is 4.18. The first-order valence-electron chi connectivity index (χ1n) is 7.12. The van der Waals surface area contributed by atoms with Crippen molar-refractivity contribution in [1.82, 2.24) is 19.3 Å². The van der Waals surface area contributed by atoms with E-state index in [9.17, 15) is 0 Å². The monoisotopic (exact) mass is 274 g/mol. The quantitative estimate of drug-likeness (QED) is 0.914. The van der Waals surface area contributed by atoms with Gasteiger partial charge in [0.15, 0.2) is 11.5 Å². The molecule has 0 atom stereocenters. The van der Waals surface area contributed by atoms with Crippen LogP contribution in [-0.4, -0.2) is 59.5 Å². The van der Waals surface area contributed by atoms with Crippen molar-refractivity contribution in [2.24, 2.45) is 0 Å². The molecule has 1 aliphatic rings. The summed E-state index contributed by atoms with van der Waals surface area (Å²) >= 11 is 0. The van der Waals surface area contributed by atoms with Crippen LogP contribution < -0.4 is 10.2 Å². The summed E-state index contributed by atoms with van der Waals surface area (Å²) in [5.74, 6) is 1.82. The van der Waals surface area contributed by atoms with Crippen molar-refractivity contribution in [3.8, 4) is 0 Å². The summed E-state index contributed by atoms with van der Waals surface area (Å²) in [5, 5.41) is 3.12. The summed E-state index contributed by atoms with van der Waals surface area (Å²) in [6.07, 6.45) is 8.09. The van der Waals surface area contributed by atoms with Gasteiger partial charge in [-0.3, -0.25) is 0 Å². The Morgan fingerprint density at radius 2 is 2.10 bits per heavy atom. The number of anilines is 2. The minimum absolute atomic E-state index is 0.534. The van der Waals surface area contributed by atoms with E-state index in [4.69, 9.17) is 4.98 Å². The lowest BCUT2D eigenvalue weighted by atomic mass is 10.0. The normalized spacial score (nSPS) is 17.6. The van der Waals surface area contributed by atoms with Gasteiger partial charge in [0.1, 0.15) is 5.82 Å². The molecule has 0 aromatic carbocycles. The van der Waals surface area contributed by atoms with Gasteiger partial charge in [0.25, 0.3) is 0 Å². The third kappa shape index (κ3) is 2.31. The van der Waals surface area contributed by atoms with Crippen LogP contribution in [0.15, 0.2) is 18.6 Å². The van der Waals surface area contributed by atoms with E-state index in [0.717, 1.165) is 30.4 Å². The number of hydrogen-bond acceptors (Lipinski definition) is 5. The molecule has 0 unspecified atom stereocenters. The fourth-order valence-electron chi connectivity index (χ4n) is 2.83. The van der Waals surface area contributed by atoms with Gasteiger partial charge in [0.2, 0.25) is 0 Å². The molecule has 1 N–H and O–H groups in total. The van der Waals surface area contributed by atoms with Crippen molar-refractivity contribution in [3.63, 3.8) is 0 Å². The fraction of sp³-hybridized carbons (Fsp3) is 0.571. The Labute approximate surface area is 119 Å². The molecular formula is C14H22N6. The van der Waals surface area contributed by atoms with E-state index in [-0.39, 0.29) is 0 Å². The summed E-state index contributed by atoms with van der Waals surface area (Å²) < 4.78 is 2.03. The number of rotatable bonds is 3. The largest absolute Gasteiger partial charge is 0.372 e. The third-order valence-electron chi connectivity index (χ3n) is 4.18. The zero-order valence-corrected chi connectivity index (χ0v) is 12.4. The van der Waals surface area contributed by atoms with E-state index in [1.807, 2.05) is 30.0 Å². The number of piperidine rings is 1. The van der Waals surface area contributed by atoms with Crippen molar-refractivity contribution in [3.05, 3.63) is 18.6 Å². The highest BCUT2D eigenvalue weighted by Gasteiger charge is 2.23. The van der Waals surface area contributed by atoms with Crippen molar-refractivity contribution in [1.29, 1.82) is 0 Å². The Bertz CT molecular complexity index is 584. The van der Waals surface area contributed by atoms with Crippen LogP contribution in [-0.2, 0) is 0 Å². The molecule has 0 bridgehead atoms. The highest BCUT2D eigenvalue weighted by Crippen LogP contribution is 2.24. The minimum Gasteiger partial charge on any atom is -0.372 e. The van der Waals surface area contributed by atoms with Crippen molar-refractivity contribution < 1.29 is 0 Å². The van der Waals surface area contributed by atoms with Crippen LogP contribution >= 0.6 is 0 Å². The van der Waals surface area contributed by atoms with Gasteiger partial charge in [-0.15, -0.1) is 0 Å². The molecule has 6 heteroatoms. The number of imidazole rings is 1. The zero-order chi connectivity index (χ0) is 14.1. The Hall–Kier alpha value is -1.82. The smallest absolute Gasteiger partial charge is 0.180 e. The van der Waals surface area contributed by atoms with Crippen LogP contribution in [0.2, 0.25) is 0 Å². The number of likely N-dealkylation sites (tertiary alicyclic amines) is 1. The van der Waals surface area contributed by atoms with Crippen LogP contribution in [0.3, 0.4) is 0 Å². The minimum atomic E-state index is 0.534. The molecule has 20 heavy (non-hydrogen) atoms. The van der Waals surface area contributed by atoms with Crippen LogP contribution in [0.25, 0.3) is 5.65 Å². The maximum absolute atomic E-state index is 4.70. The summed E-state index contributed by atoms with van der Waals surface area (Å²) in [7, 11) is 6.21. The average molecular weight is 274 g/mol. The molecule has 6 nitrogen and oxygen atoms in total. The van der Waals surface area contributed by atoms with Gasteiger partial charge in [0.05, 0.1) is 6.20 Å². The van der Waals surface area contributed by atoms with Crippen molar-refractivity contribution in [2.45, 2.75) is 18.9 Å². The fourth-order valence-corrected chi connectivity index (χ4v) is 2.83. The molecule has 1 aliphatic heterocycles. The summed E-state index contributed by atoms with van der Waals surface area (Å²) in [6.45, 7) is 2.29. The standard InChI is InChI=1S/C14H22N6/c1-15-12-10-20-9-6-16-13(20)14(17-12)19(3)11-4-7-18(2)8-5-11/h6,9-11,15H,4-5,7-8H2,1-3H3. The lowest BCUT2D eigenvalue weighted by Gasteiger charge is -2.35. The van der Waals surface area contributed by atoms with Gasteiger partial charge in [0, 0.05) is 32.5 Å². The molecule has 0 aliphatic carbocycles. The Balaban J connectivity index is 1.93. The SMILES string of the molecule is CNc1cn2ccnc2c(N(C)C2CCN(C)CC2)n1. The molecule has 3 rings (SSSR count). The first-order valence-corrected chi connectivity index (χ1v) is 7.12. The molecule has 0 spiro atoms. The van der Waals surface area contributed by atoms with Gasteiger partial charge in [-0.2, -0.15) is 0 Å². The van der Waals surface area contributed by atoms with E-state index in [1.165, 1.54) is 12.8 Å². The summed E-state index contributed by atoms with van der Waals surface area (Å²) in [4.78, 5) is 13.8. The molecule has 0 saturated carbocycles. The van der Waals surface area contributed by atoms with E-state index in [1.54, 1.807) is 0 Å². The molecule has 0 amide bonds. The molecule has 0 radical (unpaired) electrons. The number of fused-ring (bicyclic) bond motifs is 1. The Morgan fingerprint density at radius 1 is 1.35 bits per heavy atom. The maximum Gasteiger partial charge on any atom is 0.180 e. The Kier molecular flexibility index (Phi) is 3.48. The van der Waals surface area contributed by atoms with Crippen molar-refractivity contribution in [2.75, 3.05) is 44.4 Å². The van der Waals surface area contributed by atoms with Gasteiger partial charge < -0.3 is 19.5 Å². The Morgan fingerprint density at radius 3 is 2.80 bits per heavy atom. The highest BCUT2D eigenvalue weighted by atomic mass is 15.3. The average Bonchev–Trinajstić information content (AvgIpc) is 2.94. The second kappa shape index (κ2) is 5.28. The zero-order valence-electron chi connectivity index (χ0n) is 12.4. The topological polar surface area (TPSA) is 48.7 Å². The van der Waals surface area contributed by atoms with E-state index in [2.05, 4.69) is 34.2 Å². The number of aromatic nitrogens is 3. The van der Waals surface area contributed by atoms with Crippen LogP contribution in [0.5, 0.6) is 0 Å². The van der Waals surface area contributed by atoms with Gasteiger partial charge in [-0.05, 0) is 33.0 Å². The molecule has 2 aromatic rings. The second-order valence-corrected chi connectivity index (χ2v) is 5.50. The number of hydrogen-bond donors (Lipinski definition) is 1.